The summed E-state index contributed by atoms with van der Waals surface area (Å²) in [6.07, 6.45) is 2.50. The molecule has 2 aliphatic rings. The van der Waals surface area contributed by atoms with Crippen molar-refractivity contribution in [1.82, 2.24) is 0 Å². The lowest BCUT2D eigenvalue weighted by molar-refractivity contribution is -0.0975. The second-order valence-electron chi connectivity index (χ2n) is 6.12. The van der Waals surface area contributed by atoms with Crippen LogP contribution in [0.4, 0.5) is 5.69 Å². The van der Waals surface area contributed by atoms with Gasteiger partial charge in [0.15, 0.2) is 0 Å². The zero-order valence-electron chi connectivity index (χ0n) is 12.0. The molecule has 1 aromatic carbocycles. The fraction of sp³-hybridized carbons (Fsp3) is 0.625. The van der Waals surface area contributed by atoms with E-state index < -0.39 is 0 Å². The monoisotopic (exact) mass is 261 g/mol. The van der Waals surface area contributed by atoms with Crippen LogP contribution in [0.2, 0.25) is 0 Å². The van der Waals surface area contributed by atoms with Gasteiger partial charge in [0.25, 0.3) is 0 Å². The molecule has 0 spiro atoms. The van der Waals surface area contributed by atoms with E-state index in [-0.39, 0.29) is 5.41 Å². The first-order valence-electron chi connectivity index (χ1n) is 7.25. The maximum absolute atomic E-state index is 5.78. The smallest absolute Gasteiger partial charge is 0.122 e. The molecule has 2 unspecified atom stereocenters. The molecule has 1 aliphatic carbocycles. The minimum atomic E-state index is 0.200. The van der Waals surface area contributed by atoms with E-state index in [1.165, 1.54) is 11.3 Å². The Kier molecular flexibility index (Phi) is 3.17. The molecule has 104 valence electrons. The number of benzene rings is 1. The number of nitrogens with one attached hydrogen (secondary N) is 1. The summed E-state index contributed by atoms with van der Waals surface area (Å²) in [6.45, 7) is 8.25. The molecule has 19 heavy (non-hydrogen) atoms. The quantitative estimate of drug-likeness (QED) is 0.902. The third kappa shape index (κ3) is 2.20. The van der Waals surface area contributed by atoms with Crippen molar-refractivity contribution in [2.75, 3.05) is 18.5 Å². The van der Waals surface area contributed by atoms with Crippen molar-refractivity contribution in [2.24, 2.45) is 5.41 Å². The molecule has 3 heteroatoms. The van der Waals surface area contributed by atoms with Crippen molar-refractivity contribution in [2.45, 2.75) is 45.8 Å². The Morgan fingerprint density at radius 2 is 2.26 bits per heavy atom. The number of hydrogen-bond donors (Lipinski definition) is 1. The maximum atomic E-state index is 5.78. The Balaban J connectivity index is 1.67. The van der Waals surface area contributed by atoms with Gasteiger partial charge in [-0.05, 0) is 37.1 Å². The van der Waals surface area contributed by atoms with Crippen molar-refractivity contribution in [1.29, 1.82) is 0 Å². The van der Waals surface area contributed by atoms with Gasteiger partial charge in [-0.3, -0.25) is 0 Å². The molecule has 3 nitrogen and oxygen atoms in total. The Labute approximate surface area is 115 Å². The fourth-order valence-corrected chi connectivity index (χ4v) is 3.09. The zero-order chi connectivity index (χ0) is 13.5. The molecule has 1 aromatic rings. The van der Waals surface area contributed by atoms with Gasteiger partial charge >= 0.3 is 0 Å². The predicted octanol–water partition coefficient (Wildman–Crippen LogP) is 3.24. The van der Waals surface area contributed by atoms with Crippen LogP contribution >= 0.6 is 0 Å². The highest BCUT2D eigenvalue weighted by atomic mass is 16.5. The van der Waals surface area contributed by atoms with E-state index in [0.29, 0.717) is 12.1 Å². The Morgan fingerprint density at radius 3 is 3.00 bits per heavy atom. The average molecular weight is 261 g/mol. The molecule has 3 rings (SSSR count). The third-order valence-electron chi connectivity index (χ3n) is 4.58. The summed E-state index contributed by atoms with van der Waals surface area (Å²) < 4.78 is 11.3. The van der Waals surface area contributed by atoms with Gasteiger partial charge in [-0.1, -0.05) is 13.8 Å². The molecule has 0 radical (unpaired) electrons. The summed E-state index contributed by atoms with van der Waals surface area (Å²) in [5.41, 5.74) is 2.73. The first-order chi connectivity index (χ1) is 9.11. The Morgan fingerprint density at radius 1 is 1.42 bits per heavy atom. The van der Waals surface area contributed by atoms with Crippen LogP contribution in [0.5, 0.6) is 5.75 Å². The van der Waals surface area contributed by atoms with Crippen molar-refractivity contribution >= 4 is 5.69 Å². The highest BCUT2D eigenvalue weighted by Gasteiger charge is 2.48. The van der Waals surface area contributed by atoms with E-state index in [4.69, 9.17) is 9.47 Å². The number of hydrogen-bond acceptors (Lipinski definition) is 3. The SMILES string of the molecule is CCOC1CC(Nc2ccc3c(c2)CCO3)C1(C)C. The van der Waals surface area contributed by atoms with Crippen LogP contribution in [0, 0.1) is 5.41 Å². The fourth-order valence-electron chi connectivity index (χ4n) is 3.09. The summed E-state index contributed by atoms with van der Waals surface area (Å²) in [4.78, 5) is 0. The van der Waals surface area contributed by atoms with Gasteiger partial charge in [0.1, 0.15) is 5.75 Å². The average Bonchev–Trinajstić information content (AvgIpc) is 2.85. The van der Waals surface area contributed by atoms with Crippen LogP contribution < -0.4 is 10.1 Å². The van der Waals surface area contributed by atoms with Gasteiger partial charge in [0, 0.05) is 30.2 Å². The standard InChI is InChI=1S/C16H23NO2/c1-4-18-15-10-14(16(15,2)3)17-12-5-6-13-11(9-12)7-8-19-13/h5-6,9,14-15,17H,4,7-8,10H2,1-3H3. The number of ether oxygens (including phenoxy) is 2. The third-order valence-corrected chi connectivity index (χ3v) is 4.58. The molecule has 1 heterocycles. The topological polar surface area (TPSA) is 30.5 Å². The largest absolute Gasteiger partial charge is 0.493 e. The highest BCUT2D eigenvalue weighted by Crippen LogP contribution is 2.44. The van der Waals surface area contributed by atoms with Crippen LogP contribution in [0.3, 0.4) is 0 Å². The lowest BCUT2D eigenvalue weighted by Gasteiger charge is -2.52. The van der Waals surface area contributed by atoms with Crippen molar-refractivity contribution in [3.05, 3.63) is 23.8 Å². The summed E-state index contributed by atoms with van der Waals surface area (Å²) in [5, 5.41) is 3.65. The van der Waals surface area contributed by atoms with Gasteiger partial charge in [-0.25, -0.2) is 0 Å². The second-order valence-corrected chi connectivity index (χ2v) is 6.12. The highest BCUT2D eigenvalue weighted by molar-refractivity contribution is 5.53. The Hall–Kier alpha value is -1.22. The summed E-state index contributed by atoms with van der Waals surface area (Å²) in [6, 6.07) is 6.92. The normalized spacial score (nSPS) is 27.3. The molecule has 2 atom stereocenters. The number of rotatable bonds is 4. The number of anilines is 1. The summed E-state index contributed by atoms with van der Waals surface area (Å²) in [5.74, 6) is 1.05. The molecule has 1 N–H and O–H groups in total. The van der Waals surface area contributed by atoms with E-state index in [1.807, 2.05) is 0 Å². The zero-order valence-corrected chi connectivity index (χ0v) is 12.0. The lowest BCUT2D eigenvalue weighted by Crippen LogP contribution is -2.58. The molecule has 0 bridgehead atoms. The minimum absolute atomic E-state index is 0.200. The molecule has 0 saturated heterocycles. The van der Waals surface area contributed by atoms with E-state index >= 15 is 0 Å². The van der Waals surface area contributed by atoms with Gasteiger partial charge in [0.05, 0.1) is 12.7 Å². The van der Waals surface area contributed by atoms with Crippen LogP contribution in [-0.4, -0.2) is 25.4 Å². The van der Waals surface area contributed by atoms with Gasteiger partial charge in [-0.2, -0.15) is 0 Å². The molecular formula is C16H23NO2. The van der Waals surface area contributed by atoms with E-state index in [2.05, 4.69) is 44.3 Å². The van der Waals surface area contributed by atoms with Crippen molar-refractivity contribution in [3.8, 4) is 5.75 Å². The summed E-state index contributed by atoms with van der Waals surface area (Å²) >= 11 is 0. The molecule has 1 fully saturated rings. The molecule has 1 saturated carbocycles. The second kappa shape index (κ2) is 4.71. The predicted molar refractivity (Wildman–Crippen MR) is 76.9 cm³/mol. The van der Waals surface area contributed by atoms with Crippen LogP contribution in [0.1, 0.15) is 32.8 Å². The van der Waals surface area contributed by atoms with Gasteiger partial charge < -0.3 is 14.8 Å². The van der Waals surface area contributed by atoms with Crippen molar-refractivity contribution in [3.63, 3.8) is 0 Å². The summed E-state index contributed by atoms with van der Waals surface area (Å²) in [7, 11) is 0. The van der Waals surface area contributed by atoms with E-state index in [0.717, 1.165) is 31.8 Å². The molecule has 1 aliphatic heterocycles. The van der Waals surface area contributed by atoms with Crippen LogP contribution in [0.15, 0.2) is 18.2 Å². The first-order valence-corrected chi connectivity index (χ1v) is 7.25. The maximum Gasteiger partial charge on any atom is 0.122 e. The van der Waals surface area contributed by atoms with Gasteiger partial charge in [-0.15, -0.1) is 0 Å². The molecular weight excluding hydrogens is 238 g/mol. The van der Waals surface area contributed by atoms with Crippen LogP contribution in [0.25, 0.3) is 0 Å². The minimum Gasteiger partial charge on any atom is -0.493 e. The lowest BCUT2D eigenvalue weighted by atomic mass is 9.64. The van der Waals surface area contributed by atoms with Crippen molar-refractivity contribution < 1.29 is 9.47 Å². The molecule has 0 aromatic heterocycles. The van der Waals surface area contributed by atoms with E-state index in [9.17, 15) is 0 Å². The first kappa shape index (κ1) is 12.8. The Bertz CT molecular complexity index is 470. The van der Waals surface area contributed by atoms with Crippen LogP contribution in [-0.2, 0) is 11.2 Å². The van der Waals surface area contributed by atoms with E-state index in [1.54, 1.807) is 0 Å². The van der Waals surface area contributed by atoms with Gasteiger partial charge in [0.2, 0.25) is 0 Å². The molecule has 0 amide bonds. The number of fused-ring (bicyclic) bond motifs is 1.